The minimum Gasteiger partial charge on any atom is -0.366 e. The third-order valence-electron chi connectivity index (χ3n) is 4.15. The summed E-state index contributed by atoms with van der Waals surface area (Å²) < 4.78 is 0. The molecule has 0 radical (unpaired) electrons. The van der Waals surface area contributed by atoms with Gasteiger partial charge in [-0.2, -0.15) is 5.10 Å². The molecular weight excluding hydrogens is 278 g/mol. The Bertz CT molecular complexity index is 676. The second-order valence-electron chi connectivity index (χ2n) is 5.67. The number of nitrogens with zero attached hydrogens (tertiary/aromatic N) is 2. The Labute approximate surface area is 129 Å². The van der Waals surface area contributed by atoms with E-state index < -0.39 is 11.8 Å². The van der Waals surface area contributed by atoms with Crippen molar-refractivity contribution < 1.29 is 9.90 Å². The van der Waals surface area contributed by atoms with E-state index in [2.05, 4.69) is 10.2 Å². The van der Waals surface area contributed by atoms with Gasteiger partial charge in [-0.3, -0.25) is 5.10 Å². The Kier molecular flexibility index (Phi) is 3.81. The fourth-order valence-corrected chi connectivity index (χ4v) is 2.90. The lowest BCUT2D eigenvalue weighted by Gasteiger charge is -2.41. The molecular formula is C17H19N3O2. The van der Waals surface area contributed by atoms with Crippen molar-refractivity contribution in [3.05, 3.63) is 59.5 Å². The van der Waals surface area contributed by atoms with Gasteiger partial charge in [0, 0.05) is 11.8 Å². The Hall–Kier alpha value is -2.40. The van der Waals surface area contributed by atoms with Crippen molar-refractivity contribution in [3.8, 4) is 0 Å². The number of nitrogens with one attached hydrogen (secondary N) is 1. The van der Waals surface area contributed by atoms with Gasteiger partial charge < -0.3 is 14.8 Å². The smallest absolute Gasteiger partial charge is 0.178 e. The first-order valence-corrected chi connectivity index (χ1v) is 7.35. The maximum atomic E-state index is 11.6. The quantitative estimate of drug-likeness (QED) is 0.829. The molecule has 0 saturated heterocycles. The predicted molar refractivity (Wildman–Crippen MR) is 83.6 cm³/mol. The number of aromatic amines is 1. The van der Waals surface area contributed by atoms with Gasteiger partial charge in [-0.15, -0.1) is 0 Å². The second-order valence-corrected chi connectivity index (χ2v) is 5.67. The summed E-state index contributed by atoms with van der Waals surface area (Å²) in [5.41, 5.74) is 1.36. The summed E-state index contributed by atoms with van der Waals surface area (Å²) >= 11 is 0. The molecule has 2 unspecified atom stereocenters. The van der Waals surface area contributed by atoms with Crippen LogP contribution < -0.4 is 0 Å². The molecule has 1 aromatic heterocycles. The summed E-state index contributed by atoms with van der Waals surface area (Å²) in [6, 6.07) is 9.62. The number of carbonyl (C=O) groups is 1. The topological polar surface area (TPSA) is 69.2 Å². The van der Waals surface area contributed by atoms with Crippen molar-refractivity contribution in [1.82, 2.24) is 15.1 Å². The Morgan fingerprint density at radius 1 is 1.41 bits per heavy atom. The third-order valence-corrected chi connectivity index (χ3v) is 4.15. The van der Waals surface area contributed by atoms with Gasteiger partial charge in [0.2, 0.25) is 0 Å². The lowest BCUT2D eigenvalue weighted by Crippen LogP contribution is -2.49. The van der Waals surface area contributed by atoms with Gasteiger partial charge in [0.1, 0.15) is 6.29 Å². The van der Waals surface area contributed by atoms with Crippen LogP contribution in [0.5, 0.6) is 0 Å². The van der Waals surface area contributed by atoms with E-state index in [1.165, 1.54) is 5.56 Å². The largest absolute Gasteiger partial charge is 0.366 e. The number of hydrogen-bond donors (Lipinski definition) is 2. The van der Waals surface area contributed by atoms with Crippen LogP contribution in [0.15, 0.2) is 42.7 Å². The van der Waals surface area contributed by atoms with E-state index in [1.54, 1.807) is 24.2 Å². The molecule has 3 rings (SSSR count). The van der Waals surface area contributed by atoms with Gasteiger partial charge in [-0.25, -0.2) is 0 Å². The molecule has 0 aliphatic carbocycles. The van der Waals surface area contributed by atoms with E-state index in [0.29, 0.717) is 12.1 Å². The molecule has 22 heavy (non-hydrogen) atoms. The molecule has 2 heterocycles. The zero-order chi connectivity index (χ0) is 15.6. The van der Waals surface area contributed by atoms with Gasteiger partial charge in [0.15, 0.2) is 5.72 Å². The molecule has 0 spiro atoms. The van der Waals surface area contributed by atoms with Crippen molar-refractivity contribution in [2.75, 3.05) is 0 Å². The molecule has 2 N–H and O–H groups in total. The molecule has 1 aromatic carbocycles. The minimum atomic E-state index is -1.27. The van der Waals surface area contributed by atoms with E-state index >= 15 is 0 Å². The Balaban J connectivity index is 1.78. The Morgan fingerprint density at radius 2 is 2.18 bits per heavy atom. The maximum absolute atomic E-state index is 11.6. The first kappa shape index (κ1) is 14.5. The van der Waals surface area contributed by atoms with Crippen LogP contribution in [0.1, 0.15) is 30.2 Å². The molecule has 5 heteroatoms. The summed E-state index contributed by atoms with van der Waals surface area (Å²) in [7, 11) is 0. The van der Waals surface area contributed by atoms with Crippen LogP contribution >= 0.6 is 0 Å². The fraction of sp³-hybridized carbons (Fsp3) is 0.294. The van der Waals surface area contributed by atoms with Crippen molar-refractivity contribution in [2.24, 2.45) is 0 Å². The lowest BCUT2D eigenvalue weighted by molar-refractivity contribution is -0.128. The molecule has 1 aliphatic heterocycles. The number of H-pyrrole nitrogens is 1. The van der Waals surface area contributed by atoms with Gasteiger partial charge in [-0.05, 0) is 31.4 Å². The highest BCUT2D eigenvalue weighted by Gasteiger charge is 2.38. The van der Waals surface area contributed by atoms with Crippen molar-refractivity contribution in [3.63, 3.8) is 0 Å². The minimum absolute atomic E-state index is 0.400. The number of benzene rings is 1. The van der Waals surface area contributed by atoms with Crippen LogP contribution in [0.4, 0.5) is 0 Å². The number of aromatic nitrogens is 2. The summed E-state index contributed by atoms with van der Waals surface area (Å²) in [6.07, 6.45) is 7.59. The summed E-state index contributed by atoms with van der Waals surface area (Å²) in [5.74, 6) is 0. The van der Waals surface area contributed by atoms with E-state index in [0.717, 1.165) is 18.3 Å². The molecule has 2 aromatic rings. The zero-order valence-corrected chi connectivity index (χ0v) is 12.4. The van der Waals surface area contributed by atoms with Crippen molar-refractivity contribution >= 4 is 12.4 Å². The monoisotopic (exact) mass is 297 g/mol. The molecule has 1 aliphatic rings. The third kappa shape index (κ3) is 2.55. The molecule has 2 atom stereocenters. The van der Waals surface area contributed by atoms with Crippen LogP contribution in [0, 0.1) is 0 Å². The van der Waals surface area contributed by atoms with E-state index in [1.807, 2.05) is 36.4 Å². The number of fused-ring (bicyclic) bond motifs is 1. The normalized spacial score (nSPS) is 21.5. The van der Waals surface area contributed by atoms with Crippen LogP contribution in [0.25, 0.3) is 6.08 Å². The molecule has 0 saturated carbocycles. The lowest BCUT2D eigenvalue weighted by atomic mass is 9.97. The van der Waals surface area contributed by atoms with E-state index in [4.69, 9.17) is 0 Å². The average molecular weight is 297 g/mol. The number of aryl methyl sites for hydroxylation is 1. The summed E-state index contributed by atoms with van der Waals surface area (Å²) in [6.45, 7) is 1.67. The van der Waals surface area contributed by atoms with Crippen LogP contribution in [-0.4, -0.2) is 32.5 Å². The Morgan fingerprint density at radius 3 is 2.91 bits per heavy atom. The summed E-state index contributed by atoms with van der Waals surface area (Å²) in [5, 5.41) is 17.6. The second kappa shape index (κ2) is 5.77. The predicted octanol–water partition coefficient (Wildman–Crippen LogP) is 2.06. The number of aliphatic hydroxyl groups is 1. The highest BCUT2D eigenvalue weighted by molar-refractivity contribution is 5.61. The fourth-order valence-electron chi connectivity index (χ4n) is 2.90. The molecule has 5 nitrogen and oxygen atoms in total. The molecule has 0 fully saturated rings. The van der Waals surface area contributed by atoms with Crippen molar-refractivity contribution in [1.29, 1.82) is 0 Å². The first-order chi connectivity index (χ1) is 10.6. The van der Waals surface area contributed by atoms with E-state index in [-0.39, 0.29) is 0 Å². The number of carbonyl (C=O) groups excluding carboxylic acids is 1. The highest BCUT2D eigenvalue weighted by atomic mass is 16.3. The zero-order valence-electron chi connectivity index (χ0n) is 12.4. The first-order valence-electron chi connectivity index (χ1n) is 7.35. The number of rotatable bonds is 5. The van der Waals surface area contributed by atoms with Crippen LogP contribution in [-0.2, 0) is 16.9 Å². The van der Waals surface area contributed by atoms with Crippen LogP contribution in [0.3, 0.4) is 0 Å². The number of hydrogen-bond acceptors (Lipinski definition) is 4. The van der Waals surface area contributed by atoms with Gasteiger partial charge >= 0.3 is 0 Å². The number of aldehydes is 1. The average Bonchev–Trinajstić information content (AvgIpc) is 3.01. The van der Waals surface area contributed by atoms with E-state index in [9.17, 15) is 9.90 Å². The molecule has 0 amide bonds. The SMILES string of the molecule is CC1(O)c2[nH]ncc2C=CN1C(C=O)CCc1ccccc1. The van der Waals surface area contributed by atoms with Gasteiger partial charge in [0.25, 0.3) is 0 Å². The van der Waals surface area contributed by atoms with Crippen LogP contribution in [0.2, 0.25) is 0 Å². The molecule has 114 valence electrons. The molecule has 0 bridgehead atoms. The summed E-state index contributed by atoms with van der Waals surface area (Å²) in [4.78, 5) is 13.2. The standard InChI is InChI=1S/C17H19N3O2/c1-17(22)16-14(11-18-19-16)9-10-20(17)15(12-21)8-7-13-5-3-2-4-6-13/h2-6,9-12,15,22H,7-8H2,1H3,(H,18,19). The van der Waals surface area contributed by atoms with Gasteiger partial charge in [-0.1, -0.05) is 30.3 Å². The van der Waals surface area contributed by atoms with Crippen molar-refractivity contribution in [2.45, 2.75) is 31.5 Å². The maximum Gasteiger partial charge on any atom is 0.178 e. The highest BCUT2D eigenvalue weighted by Crippen LogP contribution is 2.34. The van der Waals surface area contributed by atoms with Gasteiger partial charge in [0.05, 0.1) is 17.9 Å².